The molecule has 0 radical (unpaired) electrons. The van der Waals surface area contributed by atoms with E-state index < -0.39 is 14.6 Å². The standard InChI is InChI=1S/C9H19NO3S/c1-7-3-8(5-11)4-9(7,6-10)14(2,12)13/h7-8,11H,3-6,10H2,1-2H3/t7-,8+,9+/m1/s1. The molecule has 0 heterocycles. The maximum atomic E-state index is 11.7. The van der Waals surface area contributed by atoms with Crippen molar-refractivity contribution in [1.29, 1.82) is 0 Å². The van der Waals surface area contributed by atoms with Crippen molar-refractivity contribution in [3.63, 3.8) is 0 Å². The minimum atomic E-state index is -3.14. The fraction of sp³-hybridized carbons (Fsp3) is 1.00. The summed E-state index contributed by atoms with van der Waals surface area (Å²) in [4.78, 5) is 0. The Hall–Kier alpha value is -0.130. The molecule has 0 aromatic rings. The van der Waals surface area contributed by atoms with Crippen LogP contribution >= 0.6 is 0 Å². The quantitative estimate of drug-likeness (QED) is 0.689. The van der Waals surface area contributed by atoms with Crippen LogP contribution in [0.3, 0.4) is 0 Å². The first-order valence-electron chi connectivity index (χ1n) is 4.88. The summed E-state index contributed by atoms with van der Waals surface area (Å²) >= 11 is 0. The van der Waals surface area contributed by atoms with E-state index in [1.807, 2.05) is 6.92 Å². The molecule has 0 bridgehead atoms. The highest BCUT2D eigenvalue weighted by Gasteiger charge is 2.50. The zero-order valence-corrected chi connectivity index (χ0v) is 9.55. The van der Waals surface area contributed by atoms with Gasteiger partial charge in [-0.2, -0.15) is 0 Å². The Kier molecular flexibility index (Phi) is 3.23. The fourth-order valence-corrected chi connectivity index (χ4v) is 4.25. The number of aliphatic hydroxyl groups is 1. The number of rotatable bonds is 3. The van der Waals surface area contributed by atoms with Crippen molar-refractivity contribution < 1.29 is 13.5 Å². The van der Waals surface area contributed by atoms with Crippen molar-refractivity contribution in [2.45, 2.75) is 24.5 Å². The van der Waals surface area contributed by atoms with E-state index >= 15 is 0 Å². The van der Waals surface area contributed by atoms with E-state index in [0.717, 1.165) is 6.42 Å². The lowest BCUT2D eigenvalue weighted by atomic mass is 9.97. The van der Waals surface area contributed by atoms with Gasteiger partial charge in [0.15, 0.2) is 9.84 Å². The van der Waals surface area contributed by atoms with Gasteiger partial charge in [0.1, 0.15) is 0 Å². The van der Waals surface area contributed by atoms with Crippen molar-refractivity contribution in [3.8, 4) is 0 Å². The van der Waals surface area contributed by atoms with Gasteiger partial charge in [0.2, 0.25) is 0 Å². The van der Waals surface area contributed by atoms with Crippen molar-refractivity contribution in [2.24, 2.45) is 17.6 Å². The van der Waals surface area contributed by atoms with Crippen LogP contribution in [0.25, 0.3) is 0 Å². The number of aliphatic hydroxyl groups excluding tert-OH is 1. The Morgan fingerprint density at radius 3 is 2.36 bits per heavy atom. The molecule has 1 fully saturated rings. The lowest BCUT2D eigenvalue weighted by Crippen LogP contribution is -2.47. The molecule has 0 aromatic carbocycles. The van der Waals surface area contributed by atoms with Crippen LogP contribution in [-0.2, 0) is 9.84 Å². The second-order valence-electron chi connectivity index (χ2n) is 4.43. The highest BCUT2D eigenvalue weighted by Crippen LogP contribution is 2.43. The lowest BCUT2D eigenvalue weighted by Gasteiger charge is -2.30. The molecule has 0 unspecified atom stereocenters. The minimum Gasteiger partial charge on any atom is -0.396 e. The van der Waals surface area contributed by atoms with Crippen LogP contribution in [0.15, 0.2) is 0 Å². The van der Waals surface area contributed by atoms with Gasteiger partial charge >= 0.3 is 0 Å². The van der Waals surface area contributed by atoms with Crippen molar-refractivity contribution in [2.75, 3.05) is 19.4 Å². The van der Waals surface area contributed by atoms with Gasteiger partial charge < -0.3 is 10.8 Å². The molecule has 1 aliphatic carbocycles. The number of hydrogen-bond donors (Lipinski definition) is 2. The Balaban J connectivity index is 3.03. The molecule has 1 aliphatic rings. The first kappa shape index (κ1) is 11.9. The normalized spacial score (nSPS) is 38.9. The van der Waals surface area contributed by atoms with Crippen LogP contribution in [-0.4, -0.2) is 37.7 Å². The van der Waals surface area contributed by atoms with Gasteiger partial charge in [-0.15, -0.1) is 0 Å². The topological polar surface area (TPSA) is 80.4 Å². The molecule has 84 valence electrons. The van der Waals surface area contributed by atoms with Crippen LogP contribution in [0.5, 0.6) is 0 Å². The summed E-state index contributed by atoms with van der Waals surface area (Å²) in [5, 5.41) is 9.04. The Morgan fingerprint density at radius 1 is 1.57 bits per heavy atom. The summed E-state index contributed by atoms with van der Waals surface area (Å²) in [5.74, 6) is 0.128. The predicted octanol–water partition coefficient (Wildman–Crippen LogP) is -0.233. The predicted molar refractivity (Wildman–Crippen MR) is 55.6 cm³/mol. The highest BCUT2D eigenvalue weighted by atomic mass is 32.2. The highest BCUT2D eigenvalue weighted by molar-refractivity contribution is 7.92. The monoisotopic (exact) mass is 221 g/mol. The molecule has 0 aliphatic heterocycles. The molecular weight excluding hydrogens is 202 g/mol. The largest absolute Gasteiger partial charge is 0.396 e. The smallest absolute Gasteiger partial charge is 0.154 e. The zero-order chi connectivity index (χ0) is 11.0. The SMILES string of the molecule is C[C@@H]1C[C@H](CO)C[C@@]1(CN)S(C)(=O)=O. The van der Waals surface area contributed by atoms with Gasteiger partial charge in [0.05, 0.1) is 4.75 Å². The summed E-state index contributed by atoms with van der Waals surface area (Å²) < 4.78 is 22.6. The van der Waals surface area contributed by atoms with Gasteiger partial charge in [-0.25, -0.2) is 8.42 Å². The van der Waals surface area contributed by atoms with Crippen LogP contribution in [0.2, 0.25) is 0 Å². The van der Waals surface area contributed by atoms with E-state index in [2.05, 4.69) is 0 Å². The van der Waals surface area contributed by atoms with Crippen LogP contribution in [0, 0.1) is 11.8 Å². The Labute approximate surface area is 85.4 Å². The van der Waals surface area contributed by atoms with E-state index in [9.17, 15) is 8.42 Å². The van der Waals surface area contributed by atoms with Crippen LogP contribution in [0.1, 0.15) is 19.8 Å². The van der Waals surface area contributed by atoms with E-state index in [0.29, 0.717) is 6.42 Å². The third kappa shape index (κ3) is 1.68. The van der Waals surface area contributed by atoms with E-state index in [1.165, 1.54) is 6.26 Å². The molecule has 0 aromatic heterocycles. The van der Waals surface area contributed by atoms with Crippen LogP contribution < -0.4 is 5.73 Å². The van der Waals surface area contributed by atoms with E-state index in [-0.39, 0.29) is 25.0 Å². The summed E-state index contributed by atoms with van der Waals surface area (Å²) in [6.45, 7) is 2.12. The zero-order valence-electron chi connectivity index (χ0n) is 8.73. The van der Waals surface area contributed by atoms with Gasteiger partial charge in [0.25, 0.3) is 0 Å². The van der Waals surface area contributed by atoms with Gasteiger partial charge in [-0.1, -0.05) is 6.92 Å². The molecule has 1 saturated carbocycles. The Morgan fingerprint density at radius 2 is 2.14 bits per heavy atom. The third-order valence-electron chi connectivity index (χ3n) is 3.56. The van der Waals surface area contributed by atoms with Crippen molar-refractivity contribution in [3.05, 3.63) is 0 Å². The Bertz CT molecular complexity index is 301. The van der Waals surface area contributed by atoms with Gasteiger partial charge in [-0.05, 0) is 24.7 Å². The fourth-order valence-electron chi connectivity index (χ4n) is 2.58. The first-order valence-corrected chi connectivity index (χ1v) is 6.77. The van der Waals surface area contributed by atoms with Gasteiger partial charge in [0, 0.05) is 19.4 Å². The molecule has 0 saturated heterocycles. The molecule has 1 rings (SSSR count). The average Bonchev–Trinajstić information content (AvgIpc) is 2.42. The summed E-state index contributed by atoms with van der Waals surface area (Å²) in [7, 11) is -3.14. The van der Waals surface area contributed by atoms with Crippen molar-refractivity contribution in [1.82, 2.24) is 0 Å². The molecule has 5 heteroatoms. The molecule has 3 atom stereocenters. The molecular formula is C9H19NO3S. The minimum absolute atomic E-state index is 0.0413. The molecule has 0 spiro atoms. The van der Waals surface area contributed by atoms with E-state index in [4.69, 9.17) is 10.8 Å². The summed E-state index contributed by atoms with van der Waals surface area (Å²) in [6.07, 6.45) is 2.50. The second-order valence-corrected chi connectivity index (χ2v) is 6.79. The third-order valence-corrected chi connectivity index (χ3v) is 5.77. The maximum Gasteiger partial charge on any atom is 0.154 e. The van der Waals surface area contributed by atoms with Gasteiger partial charge in [-0.3, -0.25) is 0 Å². The maximum absolute atomic E-state index is 11.7. The summed E-state index contributed by atoms with van der Waals surface area (Å²) in [6, 6.07) is 0. The summed E-state index contributed by atoms with van der Waals surface area (Å²) in [5.41, 5.74) is 5.60. The lowest BCUT2D eigenvalue weighted by molar-refractivity contribution is 0.226. The van der Waals surface area contributed by atoms with Crippen LogP contribution in [0.4, 0.5) is 0 Å². The molecule has 14 heavy (non-hydrogen) atoms. The number of nitrogens with two attached hydrogens (primary N) is 1. The van der Waals surface area contributed by atoms with Crippen molar-refractivity contribution >= 4 is 9.84 Å². The second kappa shape index (κ2) is 3.79. The molecule has 3 N–H and O–H groups in total. The molecule has 4 nitrogen and oxygen atoms in total. The van der Waals surface area contributed by atoms with E-state index in [1.54, 1.807) is 0 Å². The average molecular weight is 221 g/mol. The number of sulfone groups is 1. The number of hydrogen-bond acceptors (Lipinski definition) is 4. The first-order chi connectivity index (χ1) is 6.37. The molecule has 0 amide bonds.